The minimum atomic E-state index is -2.63. The third kappa shape index (κ3) is 5.05. The van der Waals surface area contributed by atoms with E-state index in [0.29, 0.717) is 22.8 Å². The summed E-state index contributed by atoms with van der Waals surface area (Å²) >= 11 is 0. The van der Waals surface area contributed by atoms with E-state index < -0.39 is 13.7 Å². The van der Waals surface area contributed by atoms with Gasteiger partial charge in [-0.3, -0.25) is 0 Å². The third-order valence-corrected chi connectivity index (χ3v) is 7.08. The van der Waals surface area contributed by atoms with E-state index in [0.717, 1.165) is 39.6 Å². The topological polar surface area (TPSA) is 44.2 Å². The molecular formula is C36H25BIrN2O2-2. The SMILES string of the molecule is [2H]C([2H])([2H])c1cnc(-c2[c-]cc3c4c2Oc2ccccc2B4c2ccccc2O3)cc1C([2H])([2H])[2H].[Ir].[c-]1ccccc1-c1ccccn1. The smallest absolute Gasteiger partial charge is 0.239 e. The standard InChI is InChI=1S/C25H17BNO2.C11H8N.Ir/c1-15-13-20(27-14-16(15)2)17-11-12-23-24-25(17)29-22-10-6-4-8-19(22)26(24)18-7-3-5-9-21(18)28-23;1-2-6-10(7-3-1)11-8-4-5-9-12-11;/h3-10,12-14H,1-2H3;1-6,8-9H;/q2*-1;/i1D3,2D3;;. The van der Waals surface area contributed by atoms with Gasteiger partial charge in [-0.1, -0.05) is 71.2 Å². The zero-order valence-electron chi connectivity index (χ0n) is 28.1. The molecule has 1 radical (unpaired) electrons. The minimum Gasteiger partial charge on any atom is -0.503 e. The van der Waals surface area contributed by atoms with E-state index in [9.17, 15) is 0 Å². The first-order chi connectivity index (χ1) is 22.6. The van der Waals surface area contributed by atoms with Crippen LogP contribution in [0.15, 0.2) is 116 Å². The molecule has 4 aromatic carbocycles. The molecule has 0 saturated heterocycles. The fourth-order valence-electron chi connectivity index (χ4n) is 5.18. The van der Waals surface area contributed by atoms with Crippen LogP contribution in [0.2, 0.25) is 0 Å². The van der Waals surface area contributed by atoms with Crippen molar-refractivity contribution < 1.29 is 37.8 Å². The zero-order chi connectivity index (χ0) is 32.8. The van der Waals surface area contributed by atoms with E-state index in [-0.39, 0.29) is 43.6 Å². The molecular weight excluding hydrogens is 695 g/mol. The van der Waals surface area contributed by atoms with Gasteiger partial charge in [0.05, 0.1) is 0 Å². The Kier molecular flexibility index (Phi) is 5.95. The molecule has 2 aliphatic heterocycles. The van der Waals surface area contributed by atoms with Crippen LogP contribution in [0, 0.1) is 25.8 Å². The molecule has 0 saturated carbocycles. The van der Waals surface area contributed by atoms with E-state index in [1.165, 1.54) is 6.07 Å². The number of para-hydroxylation sites is 2. The molecule has 205 valence electrons. The molecule has 4 nitrogen and oxygen atoms in total. The van der Waals surface area contributed by atoms with Crippen LogP contribution in [0.5, 0.6) is 23.0 Å². The van der Waals surface area contributed by atoms with Gasteiger partial charge in [-0.05, 0) is 59.8 Å². The molecule has 2 aliphatic rings. The van der Waals surface area contributed by atoms with Gasteiger partial charge in [-0.25, -0.2) is 0 Å². The summed E-state index contributed by atoms with van der Waals surface area (Å²) in [5, 5.41) is 0. The first-order valence-corrected chi connectivity index (χ1v) is 13.1. The Morgan fingerprint density at radius 1 is 0.714 bits per heavy atom. The largest absolute Gasteiger partial charge is 0.503 e. The van der Waals surface area contributed by atoms with Crippen molar-refractivity contribution in [1.82, 2.24) is 9.97 Å². The van der Waals surface area contributed by atoms with Crippen LogP contribution in [0.1, 0.15) is 19.4 Å². The number of hydrogen-bond acceptors (Lipinski definition) is 4. The van der Waals surface area contributed by atoms with Crippen LogP contribution in [-0.2, 0) is 20.1 Å². The zero-order valence-corrected chi connectivity index (χ0v) is 24.5. The molecule has 0 spiro atoms. The summed E-state index contributed by atoms with van der Waals surface area (Å²) in [6.07, 6.45) is 2.90. The van der Waals surface area contributed by atoms with Gasteiger partial charge in [-0.15, -0.1) is 48.0 Å². The van der Waals surface area contributed by atoms with Crippen molar-refractivity contribution in [2.24, 2.45) is 0 Å². The quantitative estimate of drug-likeness (QED) is 0.152. The van der Waals surface area contributed by atoms with Crippen molar-refractivity contribution in [2.45, 2.75) is 13.7 Å². The molecule has 0 aliphatic carbocycles. The summed E-state index contributed by atoms with van der Waals surface area (Å²) in [4.78, 5) is 8.55. The molecule has 0 atom stereocenters. The molecule has 4 heterocycles. The Morgan fingerprint density at radius 2 is 1.45 bits per heavy atom. The van der Waals surface area contributed by atoms with E-state index in [1.807, 2.05) is 91.0 Å². The number of aryl methyl sites for hydroxylation is 2. The Hall–Kier alpha value is -4.51. The normalized spacial score (nSPS) is 14.4. The van der Waals surface area contributed by atoms with Crippen LogP contribution in [0.25, 0.3) is 22.5 Å². The fraction of sp³-hybridized carbons (Fsp3) is 0.0556. The minimum absolute atomic E-state index is 0. The van der Waals surface area contributed by atoms with Gasteiger partial charge in [0, 0.05) is 52.2 Å². The molecule has 0 amide bonds. The van der Waals surface area contributed by atoms with Crippen molar-refractivity contribution in [3.8, 4) is 45.5 Å². The molecule has 0 bridgehead atoms. The Bertz CT molecular complexity index is 2050. The summed E-state index contributed by atoms with van der Waals surface area (Å²) < 4.78 is 59.5. The molecule has 0 N–H and O–H groups in total. The average Bonchev–Trinajstić information content (AvgIpc) is 3.08. The van der Waals surface area contributed by atoms with Crippen LogP contribution >= 0.6 is 0 Å². The number of fused-ring (bicyclic) bond motifs is 4. The number of benzene rings is 4. The second-order valence-corrected chi connectivity index (χ2v) is 9.59. The maximum atomic E-state index is 7.92. The Morgan fingerprint density at radius 3 is 2.17 bits per heavy atom. The second-order valence-electron chi connectivity index (χ2n) is 9.59. The molecule has 0 fully saturated rings. The van der Waals surface area contributed by atoms with Crippen LogP contribution in [0.3, 0.4) is 0 Å². The van der Waals surface area contributed by atoms with Crippen molar-refractivity contribution in [1.29, 1.82) is 0 Å². The van der Waals surface area contributed by atoms with Gasteiger partial charge in [0.1, 0.15) is 11.5 Å². The van der Waals surface area contributed by atoms with Crippen molar-refractivity contribution in [3.63, 3.8) is 0 Å². The molecule has 0 unspecified atom stereocenters. The van der Waals surface area contributed by atoms with Gasteiger partial charge >= 0.3 is 0 Å². The Labute approximate surface area is 268 Å². The summed E-state index contributed by atoms with van der Waals surface area (Å²) in [6, 6.07) is 38.5. The van der Waals surface area contributed by atoms with E-state index >= 15 is 0 Å². The third-order valence-electron chi connectivity index (χ3n) is 7.08. The van der Waals surface area contributed by atoms with Crippen LogP contribution < -0.4 is 25.9 Å². The number of pyridine rings is 2. The second kappa shape index (κ2) is 11.8. The van der Waals surface area contributed by atoms with Crippen LogP contribution in [0.4, 0.5) is 0 Å². The summed E-state index contributed by atoms with van der Waals surface area (Å²) in [5.41, 5.74) is 4.92. The molecule has 42 heavy (non-hydrogen) atoms. The van der Waals surface area contributed by atoms with Gasteiger partial charge in [0.2, 0.25) is 6.71 Å². The van der Waals surface area contributed by atoms with E-state index in [2.05, 4.69) is 22.1 Å². The van der Waals surface area contributed by atoms with E-state index in [4.69, 9.17) is 17.7 Å². The molecule has 6 heteroatoms. The number of nitrogens with zero attached hydrogens (tertiary/aromatic N) is 2. The van der Waals surface area contributed by atoms with Gasteiger partial charge in [-0.2, -0.15) is 0 Å². The summed E-state index contributed by atoms with van der Waals surface area (Å²) in [7, 11) is 0. The van der Waals surface area contributed by atoms with Crippen LogP contribution in [-0.4, -0.2) is 16.7 Å². The van der Waals surface area contributed by atoms with Gasteiger partial charge in [0.15, 0.2) is 0 Å². The molecule has 8 rings (SSSR count). The molecule has 2 aromatic heterocycles. The summed E-state index contributed by atoms with van der Waals surface area (Å²) in [6.45, 7) is -5.40. The summed E-state index contributed by atoms with van der Waals surface area (Å²) in [5.74, 6) is 2.48. The number of hydrogen-bond donors (Lipinski definition) is 0. The first-order valence-electron chi connectivity index (χ1n) is 16.1. The number of aromatic nitrogens is 2. The van der Waals surface area contributed by atoms with Crippen molar-refractivity contribution in [2.75, 3.05) is 0 Å². The average molecular weight is 727 g/mol. The van der Waals surface area contributed by atoms with Crippen molar-refractivity contribution >= 4 is 23.1 Å². The van der Waals surface area contributed by atoms with Gasteiger partial charge < -0.3 is 19.4 Å². The number of ether oxygens (including phenoxy) is 2. The molecule has 6 aromatic rings. The van der Waals surface area contributed by atoms with Crippen molar-refractivity contribution in [3.05, 3.63) is 139 Å². The maximum Gasteiger partial charge on any atom is 0.239 e. The van der Waals surface area contributed by atoms with Gasteiger partial charge in [0.25, 0.3) is 0 Å². The number of rotatable bonds is 2. The predicted molar refractivity (Wildman–Crippen MR) is 164 cm³/mol. The Balaban J connectivity index is 0.000000260. The monoisotopic (exact) mass is 727 g/mol. The van der Waals surface area contributed by atoms with E-state index in [1.54, 1.807) is 12.3 Å². The fourth-order valence-corrected chi connectivity index (χ4v) is 5.18. The first kappa shape index (κ1) is 21.2. The predicted octanol–water partition coefficient (Wildman–Crippen LogP) is 6.44. The maximum absolute atomic E-state index is 7.92.